The van der Waals surface area contributed by atoms with Crippen LogP contribution in [0.5, 0.6) is 0 Å². The second-order valence-electron chi connectivity index (χ2n) is 6.38. The summed E-state index contributed by atoms with van der Waals surface area (Å²) in [5, 5.41) is 2.88. The van der Waals surface area contributed by atoms with Crippen molar-refractivity contribution in [1.29, 1.82) is 0 Å². The van der Waals surface area contributed by atoms with Crippen molar-refractivity contribution in [2.75, 3.05) is 18.9 Å². The van der Waals surface area contributed by atoms with Crippen LogP contribution >= 0.6 is 0 Å². The van der Waals surface area contributed by atoms with Gasteiger partial charge >= 0.3 is 0 Å². The first-order valence-electron chi connectivity index (χ1n) is 8.35. The van der Waals surface area contributed by atoms with Crippen LogP contribution in [0.4, 0.5) is 5.69 Å². The van der Waals surface area contributed by atoms with Crippen molar-refractivity contribution in [2.24, 2.45) is 11.7 Å². The van der Waals surface area contributed by atoms with Crippen LogP contribution in [0.25, 0.3) is 11.1 Å². The second kappa shape index (κ2) is 8.44. The van der Waals surface area contributed by atoms with Gasteiger partial charge in [-0.15, -0.1) is 0 Å². The van der Waals surface area contributed by atoms with Gasteiger partial charge in [-0.05, 0) is 34.9 Å². The number of nitrogens with two attached hydrogens (primary N) is 1. The topological polar surface area (TPSA) is 75.4 Å². The van der Waals surface area contributed by atoms with Crippen molar-refractivity contribution in [3.63, 3.8) is 0 Å². The van der Waals surface area contributed by atoms with E-state index >= 15 is 0 Å². The van der Waals surface area contributed by atoms with Gasteiger partial charge in [0.1, 0.15) is 0 Å². The molecule has 0 aliphatic heterocycles. The fourth-order valence-corrected chi connectivity index (χ4v) is 2.40. The molecule has 132 valence electrons. The summed E-state index contributed by atoms with van der Waals surface area (Å²) in [5.74, 6) is -0.136. The van der Waals surface area contributed by atoms with Crippen molar-refractivity contribution in [2.45, 2.75) is 20.4 Å². The molecule has 5 nitrogen and oxygen atoms in total. The van der Waals surface area contributed by atoms with Crippen LogP contribution in [0.15, 0.2) is 48.5 Å². The molecule has 0 aliphatic carbocycles. The van der Waals surface area contributed by atoms with Crippen molar-refractivity contribution in [3.8, 4) is 11.1 Å². The standard InChI is InChI=1S/C20H25N3O2/c1-14(2)20(25)22-18-9-7-16(8-10-18)17-6-4-5-15(11-17)13-23(3)19(24)12-21/h4-11,14H,12-13,21H2,1-3H3,(H,22,25). The Bertz CT molecular complexity index is 739. The molecule has 0 bridgehead atoms. The zero-order valence-corrected chi connectivity index (χ0v) is 15.0. The minimum atomic E-state index is -0.0874. The van der Waals surface area contributed by atoms with Crippen LogP contribution in [-0.4, -0.2) is 30.3 Å². The quantitative estimate of drug-likeness (QED) is 0.850. The lowest BCUT2D eigenvalue weighted by molar-refractivity contribution is -0.128. The fraction of sp³-hybridized carbons (Fsp3) is 0.300. The zero-order chi connectivity index (χ0) is 18.4. The molecular formula is C20H25N3O2. The summed E-state index contributed by atoms with van der Waals surface area (Å²) in [4.78, 5) is 25.0. The first kappa shape index (κ1) is 18.7. The Labute approximate surface area is 148 Å². The summed E-state index contributed by atoms with van der Waals surface area (Å²) in [6, 6.07) is 15.8. The van der Waals surface area contributed by atoms with Crippen LogP contribution in [-0.2, 0) is 16.1 Å². The first-order chi connectivity index (χ1) is 11.9. The molecule has 0 saturated heterocycles. The number of nitrogens with zero attached hydrogens (tertiary/aromatic N) is 1. The molecule has 0 atom stereocenters. The molecule has 0 radical (unpaired) electrons. The maximum atomic E-state index is 11.7. The van der Waals surface area contributed by atoms with Gasteiger partial charge < -0.3 is 16.0 Å². The Morgan fingerprint density at radius 2 is 1.76 bits per heavy atom. The van der Waals surface area contributed by atoms with Gasteiger partial charge in [-0.25, -0.2) is 0 Å². The van der Waals surface area contributed by atoms with E-state index in [-0.39, 0.29) is 24.3 Å². The molecule has 3 N–H and O–H groups in total. The van der Waals surface area contributed by atoms with E-state index in [1.807, 2.05) is 56.3 Å². The number of amides is 2. The van der Waals surface area contributed by atoms with E-state index in [9.17, 15) is 9.59 Å². The van der Waals surface area contributed by atoms with Crippen molar-refractivity contribution in [3.05, 3.63) is 54.1 Å². The minimum Gasteiger partial charge on any atom is -0.340 e. The van der Waals surface area contributed by atoms with Gasteiger partial charge in [0.2, 0.25) is 11.8 Å². The summed E-state index contributed by atoms with van der Waals surface area (Å²) in [7, 11) is 1.74. The highest BCUT2D eigenvalue weighted by atomic mass is 16.2. The van der Waals surface area contributed by atoms with E-state index in [0.717, 1.165) is 22.4 Å². The SMILES string of the molecule is CC(C)C(=O)Nc1ccc(-c2cccc(CN(C)C(=O)CN)c2)cc1. The highest BCUT2D eigenvalue weighted by Gasteiger charge is 2.09. The maximum Gasteiger partial charge on any atom is 0.236 e. The third kappa shape index (κ3) is 5.16. The summed E-state index contributed by atoms with van der Waals surface area (Å²) in [6.07, 6.45) is 0. The highest BCUT2D eigenvalue weighted by molar-refractivity contribution is 5.92. The van der Waals surface area contributed by atoms with Crippen LogP contribution in [0.1, 0.15) is 19.4 Å². The molecule has 2 aromatic carbocycles. The largest absolute Gasteiger partial charge is 0.340 e. The number of likely N-dealkylation sites (N-methyl/N-ethyl adjacent to an activating group) is 1. The fourth-order valence-electron chi connectivity index (χ4n) is 2.40. The van der Waals surface area contributed by atoms with Gasteiger partial charge in [0.25, 0.3) is 0 Å². The van der Waals surface area contributed by atoms with Crippen molar-refractivity contribution >= 4 is 17.5 Å². The molecule has 0 saturated carbocycles. The predicted molar refractivity (Wildman–Crippen MR) is 101 cm³/mol. The smallest absolute Gasteiger partial charge is 0.236 e. The molecule has 25 heavy (non-hydrogen) atoms. The van der Waals surface area contributed by atoms with Gasteiger partial charge in [-0.1, -0.05) is 44.2 Å². The number of hydrogen-bond acceptors (Lipinski definition) is 3. The summed E-state index contributed by atoms with van der Waals surface area (Å²) >= 11 is 0. The van der Waals surface area contributed by atoms with Gasteiger partial charge in [-0.2, -0.15) is 0 Å². The lowest BCUT2D eigenvalue weighted by atomic mass is 10.0. The molecule has 2 aromatic rings. The van der Waals surface area contributed by atoms with E-state index in [4.69, 9.17) is 5.73 Å². The van der Waals surface area contributed by atoms with E-state index in [1.165, 1.54) is 0 Å². The number of anilines is 1. The Morgan fingerprint density at radius 1 is 1.08 bits per heavy atom. The third-order valence-electron chi connectivity index (χ3n) is 3.96. The van der Waals surface area contributed by atoms with Gasteiger partial charge in [-0.3, -0.25) is 9.59 Å². The monoisotopic (exact) mass is 339 g/mol. The average molecular weight is 339 g/mol. The summed E-state index contributed by atoms with van der Waals surface area (Å²) in [5.41, 5.74) is 9.33. The third-order valence-corrected chi connectivity index (χ3v) is 3.96. The number of benzene rings is 2. The lowest BCUT2D eigenvalue weighted by Gasteiger charge is -2.16. The lowest BCUT2D eigenvalue weighted by Crippen LogP contribution is -2.32. The second-order valence-corrected chi connectivity index (χ2v) is 6.38. The molecule has 0 fully saturated rings. The van der Waals surface area contributed by atoms with Crippen molar-refractivity contribution < 1.29 is 9.59 Å². The highest BCUT2D eigenvalue weighted by Crippen LogP contribution is 2.23. The zero-order valence-electron chi connectivity index (χ0n) is 15.0. The molecule has 0 heterocycles. The van der Waals surface area contributed by atoms with Crippen LogP contribution < -0.4 is 11.1 Å². The van der Waals surface area contributed by atoms with Crippen LogP contribution in [0.2, 0.25) is 0 Å². The van der Waals surface area contributed by atoms with E-state index in [0.29, 0.717) is 6.54 Å². The molecule has 2 rings (SSSR count). The number of hydrogen-bond donors (Lipinski definition) is 2. The number of carbonyl (C=O) groups is 2. The van der Waals surface area contributed by atoms with Crippen molar-refractivity contribution in [1.82, 2.24) is 4.90 Å². The normalized spacial score (nSPS) is 10.6. The molecule has 2 amide bonds. The minimum absolute atomic E-state index is 0.00218. The molecule has 0 aliphatic rings. The molecule has 5 heteroatoms. The molecular weight excluding hydrogens is 314 g/mol. The Kier molecular flexibility index (Phi) is 6.31. The van der Waals surface area contributed by atoms with Gasteiger partial charge in [0.05, 0.1) is 6.54 Å². The summed E-state index contributed by atoms with van der Waals surface area (Å²) in [6.45, 7) is 4.26. The van der Waals surface area contributed by atoms with Gasteiger partial charge in [0, 0.05) is 25.2 Å². The number of nitrogens with one attached hydrogen (secondary N) is 1. The number of carbonyl (C=O) groups excluding carboxylic acids is 2. The Balaban J connectivity index is 2.12. The Hall–Kier alpha value is -2.66. The molecule has 0 unspecified atom stereocenters. The van der Waals surface area contributed by atoms with Gasteiger partial charge in [0.15, 0.2) is 0 Å². The Morgan fingerprint density at radius 3 is 2.36 bits per heavy atom. The molecule has 0 aromatic heterocycles. The van der Waals surface area contributed by atoms with Crippen LogP contribution in [0.3, 0.4) is 0 Å². The predicted octanol–water partition coefficient (Wildman–Crippen LogP) is 2.87. The first-order valence-corrected chi connectivity index (χ1v) is 8.35. The average Bonchev–Trinajstić information content (AvgIpc) is 2.61. The maximum absolute atomic E-state index is 11.7. The van der Waals surface area contributed by atoms with Crippen LogP contribution in [0, 0.1) is 5.92 Å². The van der Waals surface area contributed by atoms with E-state index in [1.54, 1.807) is 11.9 Å². The van der Waals surface area contributed by atoms with E-state index < -0.39 is 0 Å². The molecule has 0 spiro atoms. The number of rotatable bonds is 6. The summed E-state index contributed by atoms with van der Waals surface area (Å²) < 4.78 is 0. The van der Waals surface area contributed by atoms with E-state index in [2.05, 4.69) is 11.4 Å².